The van der Waals surface area contributed by atoms with Gasteiger partial charge in [-0.1, -0.05) is 29.8 Å². The quantitative estimate of drug-likeness (QED) is 0.806. The van der Waals surface area contributed by atoms with Crippen molar-refractivity contribution >= 4 is 28.2 Å². The van der Waals surface area contributed by atoms with Crippen LogP contribution >= 0.6 is 11.6 Å². The summed E-state index contributed by atoms with van der Waals surface area (Å²) >= 11 is 5.77. The van der Waals surface area contributed by atoms with Gasteiger partial charge < -0.3 is 0 Å². The molecule has 0 fully saturated rings. The fourth-order valence-corrected chi connectivity index (χ4v) is 3.07. The molecule has 0 amide bonds. The van der Waals surface area contributed by atoms with Gasteiger partial charge in [-0.25, -0.2) is 0 Å². The first kappa shape index (κ1) is 14.0. The predicted octanol–water partition coefficient (Wildman–Crippen LogP) is 3.64. The van der Waals surface area contributed by atoms with E-state index in [1.807, 2.05) is 25.1 Å². The van der Waals surface area contributed by atoms with Gasteiger partial charge in [-0.2, -0.15) is 0 Å². The minimum atomic E-state index is -1.31. The van der Waals surface area contributed by atoms with Crippen molar-refractivity contribution in [3.63, 3.8) is 0 Å². The summed E-state index contributed by atoms with van der Waals surface area (Å²) in [5.74, 6) is -0.148. The second kappa shape index (κ2) is 6.13. The van der Waals surface area contributed by atoms with Crippen LogP contribution in [0.4, 0.5) is 0 Å². The van der Waals surface area contributed by atoms with Crippen LogP contribution in [0.1, 0.15) is 15.9 Å². The molecule has 0 heterocycles. The minimum Gasteiger partial charge on any atom is -0.293 e. The Bertz CT molecular complexity index is 620. The van der Waals surface area contributed by atoms with Crippen LogP contribution in [0.5, 0.6) is 0 Å². The number of hydrogen-bond acceptors (Lipinski definition) is 2. The zero-order chi connectivity index (χ0) is 13.8. The zero-order valence-corrected chi connectivity index (χ0v) is 12.0. The Hall–Kier alpha value is -1.45. The van der Waals surface area contributed by atoms with Crippen molar-refractivity contribution < 1.29 is 9.00 Å². The molecule has 0 saturated carbocycles. The maximum Gasteiger partial charge on any atom is 0.175 e. The van der Waals surface area contributed by atoms with E-state index >= 15 is 0 Å². The molecule has 2 rings (SSSR count). The Kier molecular flexibility index (Phi) is 4.51. The molecular weight excluding hydrogens is 280 g/mol. The van der Waals surface area contributed by atoms with Crippen LogP contribution in [0.2, 0.25) is 5.02 Å². The summed E-state index contributed by atoms with van der Waals surface area (Å²) in [6.45, 7) is 1.89. The third kappa shape index (κ3) is 3.52. The van der Waals surface area contributed by atoms with Crippen molar-refractivity contribution in [3.05, 3.63) is 64.7 Å². The van der Waals surface area contributed by atoms with Gasteiger partial charge >= 0.3 is 0 Å². The molecule has 2 aromatic carbocycles. The molecule has 0 aliphatic rings. The van der Waals surface area contributed by atoms with Gasteiger partial charge in [-0.05, 0) is 42.8 Å². The molecule has 0 saturated heterocycles. The van der Waals surface area contributed by atoms with Crippen molar-refractivity contribution in [3.8, 4) is 0 Å². The van der Waals surface area contributed by atoms with E-state index in [2.05, 4.69) is 0 Å². The van der Waals surface area contributed by atoms with Gasteiger partial charge in [0.25, 0.3) is 0 Å². The van der Waals surface area contributed by atoms with Crippen molar-refractivity contribution in [2.24, 2.45) is 0 Å². The molecule has 0 N–H and O–H groups in total. The molecule has 1 unspecified atom stereocenters. The largest absolute Gasteiger partial charge is 0.293 e. The average molecular weight is 293 g/mol. The van der Waals surface area contributed by atoms with E-state index in [1.54, 1.807) is 30.3 Å². The van der Waals surface area contributed by atoms with E-state index in [4.69, 9.17) is 11.6 Å². The monoisotopic (exact) mass is 292 g/mol. The third-order valence-corrected chi connectivity index (χ3v) is 4.49. The fourth-order valence-electron chi connectivity index (χ4n) is 1.73. The van der Waals surface area contributed by atoms with Crippen molar-refractivity contribution in [1.29, 1.82) is 0 Å². The number of Topliss-reactive ketones (excluding diaryl/α,β-unsaturated/α-hetero) is 1. The van der Waals surface area contributed by atoms with Gasteiger partial charge in [0, 0.05) is 15.5 Å². The molecule has 0 aromatic heterocycles. The SMILES string of the molecule is Cc1ccccc1S(=O)CC(=O)c1ccc(Cl)cc1. The number of carbonyl (C=O) groups is 1. The number of rotatable bonds is 4. The first-order valence-corrected chi connectivity index (χ1v) is 7.50. The van der Waals surface area contributed by atoms with Gasteiger partial charge in [-0.3, -0.25) is 9.00 Å². The van der Waals surface area contributed by atoms with Crippen LogP contribution < -0.4 is 0 Å². The lowest BCUT2D eigenvalue weighted by atomic mass is 10.1. The highest BCUT2D eigenvalue weighted by Gasteiger charge is 2.13. The van der Waals surface area contributed by atoms with E-state index in [0.717, 1.165) is 5.56 Å². The topological polar surface area (TPSA) is 34.1 Å². The molecule has 19 heavy (non-hydrogen) atoms. The number of benzene rings is 2. The Labute approximate surface area is 119 Å². The van der Waals surface area contributed by atoms with Crippen LogP contribution in [0.25, 0.3) is 0 Å². The van der Waals surface area contributed by atoms with Gasteiger partial charge in [-0.15, -0.1) is 0 Å². The summed E-state index contributed by atoms with van der Waals surface area (Å²) in [5.41, 5.74) is 1.47. The summed E-state index contributed by atoms with van der Waals surface area (Å²) in [7, 11) is -1.31. The summed E-state index contributed by atoms with van der Waals surface area (Å²) in [6, 6.07) is 14.0. The van der Waals surface area contributed by atoms with Crippen molar-refractivity contribution in [1.82, 2.24) is 0 Å². The normalized spacial score (nSPS) is 12.1. The Balaban J connectivity index is 2.13. The fraction of sp³-hybridized carbons (Fsp3) is 0.133. The molecule has 0 bridgehead atoms. The van der Waals surface area contributed by atoms with Gasteiger partial charge in [0.15, 0.2) is 5.78 Å². The molecule has 2 aromatic rings. The minimum absolute atomic E-state index is 0.00745. The molecule has 1 atom stereocenters. The van der Waals surface area contributed by atoms with Gasteiger partial charge in [0.05, 0.1) is 16.6 Å². The third-order valence-electron chi connectivity index (χ3n) is 2.77. The van der Waals surface area contributed by atoms with Crippen molar-refractivity contribution in [2.75, 3.05) is 5.75 Å². The number of ketones is 1. The highest BCUT2D eigenvalue weighted by atomic mass is 35.5. The van der Waals surface area contributed by atoms with E-state index in [-0.39, 0.29) is 11.5 Å². The van der Waals surface area contributed by atoms with E-state index in [9.17, 15) is 9.00 Å². The predicted molar refractivity (Wildman–Crippen MR) is 78.2 cm³/mol. The lowest BCUT2D eigenvalue weighted by Crippen LogP contribution is -2.11. The first-order chi connectivity index (χ1) is 9.08. The van der Waals surface area contributed by atoms with Crippen LogP contribution in [0, 0.1) is 6.92 Å². The van der Waals surface area contributed by atoms with Gasteiger partial charge in [0.1, 0.15) is 0 Å². The zero-order valence-electron chi connectivity index (χ0n) is 10.4. The lowest BCUT2D eigenvalue weighted by Gasteiger charge is -2.05. The molecule has 0 aliphatic heterocycles. The molecular formula is C15H13ClO2S. The number of hydrogen-bond donors (Lipinski definition) is 0. The summed E-state index contributed by atoms with van der Waals surface area (Å²) in [5, 5.41) is 0.580. The van der Waals surface area contributed by atoms with Crippen LogP contribution in [-0.2, 0) is 10.8 Å². The highest BCUT2D eigenvalue weighted by molar-refractivity contribution is 7.85. The second-order valence-electron chi connectivity index (χ2n) is 4.19. The van der Waals surface area contributed by atoms with E-state index < -0.39 is 10.8 Å². The van der Waals surface area contributed by atoms with Crippen molar-refractivity contribution in [2.45, 2.75) is 11.8 Å². The second-order valence-corrected chi connectivity index (χ2v) is 6.04. The average Bonchev–Trinajstić information content (AvgIpc) is 2.39. The maximum absolute atomic E-state index is 12.2. The van der Waals surface area contributed by atoms with Crippen LogP contribution in [0.15, 0.2) is 53.4 Å². The maximum atomic E-state index is 12.2. The number of aryl methyl sites for hydroxylation is 1. The Morgan fingerprint density at radius 2 is 1.74 bits per heavy atom. The lowest BCUT2D eigenvalue weighted by molar-refractivity contribution is 0.102. The Morgan fingerprint density at radius 1 is 1.11 bits per heavy atom. The standard InChI is InChI=1S/C15H13ClO2S/c1-11-4-2-3-5-15(11)19(18)10-14(17)12-6-8-13(16)9-7-12/h2-9H,10H2,1H3. The summed E-state index contributed by atoms with van der Waals surface area (Å²) in [4.78, 5) is 12.7. The van der Waals surface area contributed by atoms with E-state index in [0.29, 0.717) is 15.5 Å². The molecule has 0 aliphatic carbocycles. The number of carbonyl (C=O) groups excluding carboxylic acids is 1. The van der Waals surface area contributed by atoms with E-state index in [1.165, 1.54) is 0 Å². The molecule has 98 valence electrons. The number of halogens is 1. The molecule has 4 heteroatoms. The van der Waals surface area contributed by atoms with Crippen LogP contribution in [-0.4, -0.2) is 15.7 Å². The van der Waals surface area contributed by atoms with Crippen LogP contribution in [0.3, 0.4) is 0 Å². The Morgan fingerprint density at radius 3 is 2.37 bits per heavy atom. The highest BCUT2D eigenvalue weighted by Crippen LogP contribution is 2.15. The molecule has 0 radical (unpaired) electrons. The van der Waals surface area contributed by atoms with Gasteiger partial charge in [0.2, 0.25) is 0 Å². The molecule has 2 nitrogen and oxygen atoms in total. The molecule has 0 spiro atoms. The summed E-state index contributed by atoms with van der Waals surface area (Å²) < 4.78 is 12.2. The smallest absolute Gasteiger partial charge is 0.175 e. The summed E-state index contributed by atoms with van der Waals surface area (Å²) in [6.07, 6.45) is 0. The first-order valence-electron chi connectivity index (χ1n) is 5.80.